The van der Waals surface area contributed by atoms with Gasteiger partial charge in [-0.25, -0.2) is 0 Å². The topological polar surface area (TPSA) is 65.6 Å². The van der Waals surface area contributed by atoms with Crippen molar-refractivity contribution in [2.75, 3.05) is 27.2 Å². The molecule has 1 aromatic heterocycles. The zero-order chi connectivity index (χ0) is 14.5. The van der Waals surface area contributed by atoms with Crippen LogP contribution in [0.15, 0.2) is 4.52 Å². The van der Waals surface area contributed by atoms with Crippen LogP contribution in [-0.4, -0.2) is 64.4 Å². The number of aromatic nitrogens is 2. The Balaban J connectivity index is 1.91. The number of unbranched alkanes of at least 4 members (excludes halogenated alkanes) is 1. The maximum absolute atomic E-state index is 9.86. The highest BCUT2D eigenvalue weighted by atomic mass is 16.5. The van der Waals surface area contributed by atoms with E-state index in [4.69, 9.17) is 4.52 Å². The van der Waals surface area contributed by atoms with E-state index >= 15 is 0 Å². The molecule has 1 saturated heterocycles. The molecule has 0 spiro atoms. The van der Waals surface area contributed by atoms with Crippen molar-refractivity contribution in [1.82, 2.24) is 19.9 Å². The summed E-state index contributed by atoms with van der Waals surface area (Å²) in [6.07, 6.45) is 3.67. The van der Waals surface area contributed by atoms with Gasteiger partial charge >= 0.3 is 0 Å². The van der Waals surface area contributed by atoms with E-state index in [1.807, 2.05) is 0 Å². The molecule has 1 aliphatic heterocycles. The molecule has 0 aliphatic carbocycles. The minimum absolute atomic E-state index is 0.248. The first-order chi connectivity index (χ1) is 9.58. The lowest BCUT2D eigenvalue weighted by atomic mass is 10.2. The van der Waals surface area contributed by atoms with Crippen molar-refractivity contribution in [2.24, 2.45) is 0 Å². The SMILES string of the molecule is CCCCc1noc(CN2CC(O)CC2CN(C)C)n1. The van der Waals surface area contributed by atoms with Crippen LogP contribution in [-0.2, 0) is 13.0 Å². The number of hydrogen-bond donors (Lipinski definition) is 1. The Morgan fingerprint density at radius 3 is 2.95 bits per heavy atom. The van der Waals surface area contributed by atoms with E-state index in [1.54, 1.807) is 0 Å². The van der Waals surface area contributed by atoms with Gasteiger partial charge in [0.2, 0.25) is 5.89 Å². The van der Waals surface area contributed by atoms with Gasteiger partial charge in [0, 0.05) is 25.6 Å². The van der Waals surface area contributed by atoms with Gasteiger partial charge < -0.3 is 14.5 Å². The number of likely N-dealkylation sites (N-methyl/N-ethyl adjacent to an activating group) is 1. The molecule has 2 atom stereocenters. The van der Waals surface area contributed by atoms with E-state index in [9.17, 15) is 5.11 Å². The number of rotatable bonds is 7. The van der Waals surface area contributed by atoms with E-state index in [0.29, 0.717) is 25.0 Å². The summed E-state index contributed by atoms with van der Waals surface area (Å²) >= 11 is 0. The third kappa shape index (κ3) is 4.26. The second-order valence-corrected chi connectivity index (χ2v) is 5.94. The molecule has 20 heavy (non-hydrogen) atoms. The van der Waals surface area contributed by atoms with E-state index < -0.39 is 0 Å². The molecule has 2 rings (SSSR count). The van der Waals surface area contributed by atoms with Crippen molar-refractivity contribution >= 4 is 0 Å². The van der Waals surface area contributed by atoms with Crippen LogP contribution >= 0.6 is 0 Å². The van der Waals surface area contributed by atoms with Crippen LogP contribution in [0.4, 0.5) is 0 Å². The number of hydrogen-bond acceptors (Lipinski definition) is 6. The normalized spacial score (nSPS) is 23.9. The predicted molar refractivity (Wildman–Crippen MR) is 76.3 cm³/mol. The summed E-state index contributed by atoms with van der Waals surface area (Å²) in [5.74, 6) is 1.46. The van der Waals surface area contributed by atoms with Gasteiger partial charge in [0.15, 0.2) is 5.82 Å². The zero-order valence-corrected chi connectivity index (χ0v) is 12.7. The Hall–Kier alpha value is -0.980. The monoisotopic (exact) mass is 282 g/mol. The van der Waals surface area contributed by atoms with Gasteiger partial charge in [-0.1, -0.05) is 18.5 Å². The molecule has 1 fully saturated rings. The summed E-state index contributed by atoms with van der Waals surface area (Å²) in [5.41, 5.74) is 0. The molecule has 0 radical (unpaired) electrons. The standard InChI is InChI=1S/C14H26N4O2/c1-4-5-6-13-15-14(20-16-13)10-18-9-12(19)7-11(18)8-17(2)3/h11-12,19H,4-10H2,1-3H3. The van der Waals surface area contributed by atoms with Crippen LogP contribution < -0.4 is 0 Å². The average molecular weight is 282 g/mol. The summed E-state index contributed by atoms with van der Waals surface area (Å²) in [6, 6.07) is 0.353. The van der Waals surface area contributed by atoms with Crippen LogP contribution in [0.1, 0.15) is 37.9 Å². The van der Waals surface area contributed by atoms with Crippen molar-refractivity contribution in [2.45, 2.75) is 51.3 Å². The van der Waals surface area contributed by atoms with Crippen molar-refractivity contribution in [3.63, 3.8) is 0 Å². The van der Waals surface area contributed by atoms with Gasteiger partial charge in [-0.2, -0.15) is 4.98 Å². The first-order valence-corrected chi connectivity index (χ1v) is 7.46. The van der Waals surface area contributed by atoms with Crippen molar-refractivity contribution in [1.29, 1.82) is 0 Å². The van der Waals surface area contributed by atoms with E-state index in [0.717, 1.165) is 38.1 Å². The highest BCUT2D eigenvalue weighted by molar-refractivity contribution is 4.92. The highest BCUT2D eigenvalue weighted by Crippen LogP contribution is 2.20. The quantitative estimate of drug-likeness (QED) is 0.802. The molecule has 0 aromatic carbocycles. The number of likely N-dealkylation sites (tertiary alicyclic amines) is 1. The summed E-state index contributed by atoms with van der Waals surface area (Å²) < 4.78 is 5.31. The molecule has 6 nitrogen and oxygen atoms in total. The van der Waals surface area contributed by atoms with Gasteiger partial charge in [-0.05, 0) is 26.9 Å². The lowest BCUT2D eigenvalue weighted by Crippen LogP contribution is -2.37. The minimum atomic E-state index is -0.248. The number of β-amino-alcohol motifs (C(OH)–C–C–N with tert-alkyl or cyclic N) is 1. The van der Waals surface area contributed by atoms with Crippen LogP contribution in [0.25, 0.3) is 0 Å². The van der Waals surface area contributed by atoms with Crippen molar-refractivity contribution in [3.05, 3.63) is 11.7 Å². The molecular formula is C14H26N4O2. The fourth-order valence-electron chi connectivity index (χ4n) is 2.73. The maximum atomic E-state index is 9.86. The number of nitrogens with zero attached hydrogens (tertiary/aromatic N) is 4. The van der Waals surface area contributed by atoms with Gasteiger partial charge in [0.1, 0.15) is 0 Å². The van der Waals surface area contributed by atoms with E-state index in [2.05, 4.69) is 41.0 Å². The first-order valence-electron chi connectivity index (χ1n) is 7.46. The molecule has 1 aliphatic rings. The Morgan fingerprint density at radius 1 is 1.45 bits per heavy atom. The number of aryl methyl sites for hydroxylation is 1. The molecule has 0 amide bonds. The predicted octanol–water partition coefficient (Wildman–Crippen LogP) is 0.909. The van der Waals surface area contributed by atoms with Gasteiger partial charge in [0.25, 0.3) is 0 Å². The summed E-state index contributed by atoms with van der Waals surface area (Å²) in [6.45, 7) is 4.41. The minimum Gasteiger partial charge on any atom is -0.392 e. The van der Waals surface area contributed by atoms with E-state index in [-0.39, 0.29) is 6.10 Å². The average Bonchev–Trinajstić information content (AvgIpc) is 2.94. The van der Waals surface area contributed by atoms with Gasteiger partial charge in [-0.3, -0.25) is 4.90 Å². The molecule has 1 aromatic rings. The maximum Gasteiger partial charge on any atom is 0.240 e. The third-order valence-corrected chi connectivity index (χ3v) is 3.68. The summed E-state index contributed by atoms with van der Waals surface area (Å²) in [5, 5.41) is 13.9. The van der Waals surface area contributed by atoms with E-state index in [1.165, 1.54) is 0 Å². The second kappa shape index (κ2) is 7.15. The third-order valence-electron chi connectivity index (χ3n) is 3.68. The fourth-order valence-corrected chi connectivity index (χ4v) is 2.73. The molecule has 2 heterocycles. The molecule has 114 valence electrons. The lowest BCUT2D eigenvalue weighted by Gasteiger charge is -2.25. The molecule has 0 saturated carbocycles. The van der Waals surface area contributed by atoms with Crippen LogP contribution in [0.2, 0.25) is 0 Å². The largest absolute Gasteiger partial charge is 0.392 e. The summed E-state index contributed by atoms with van der Waals surface area (Å²) in [4.78, 5) is 8.82. The highest BCUT2D eigenvalue weighted by Gasteiger charge is 2.32. The Morgan fingerprint density at radius 2 is 2.25 bits per heavy atom. The van der Waals surface area contributed by atoms with Crippen molar-refractivity contribution < 1.29 is 9.63 Å². The first kappa shape index (κ1) is 15.4. The Bertz CT molecular complexity index is 408. The number of aliphatic hydroxyl groups is 1. The lowest BCUT2D eigenvalue weighted by molar-refractivity contribution is 0.158. The van der Waals surface area contributed by atoms with Gasteiger partial charge in [0.05, 0.1) is 12.6 Å². The molecule has 1 N–H and O–H groups in total. The van der Waals surface area contributed by atoms with Crippen LogP contribution in [0.5, 0.6) is 0 Å². The fraction of sp³-hybridized carbons (Fsp3) is 0.857. The smallest absolute Gasteiger partial charge is 0.240 e. The number of aliphatic hydroxyl groups excluding tert-OH is 1. The molecular weight excluding hydrogens is 256 g/mol. The Labute approximate surface area is 120 Å². The zero-order valence-electron chi connectivity index (χ0n) is 12.7. The molecule has 2 unspecified atom stereocenters. The molecule has 0 bridgehead atoms. The van der Waals surface area contributed by atoms with Crippen LogP contribution in [0.3, 0.4) is 0 Å². The van der Waals surface area contributed by atoms with Gasteiger partial charge in [-0.15, -0.1) is 0 Å². The Kier molecular flexibility index (Phi) is 5.51. The second-order valence-electron chi connectivity index (χ2n) is 5.94. The van der Waals surface area contributed by atoms with Crippen molar-refractivity contribution in [3.8, 4) is 0 Å². The van der Waals surface area contributed by atoms with Crippen LogP contribution in [0, 0.1) is 0 Å². The summed E-state index contributed by atoms with van der Waals surface area (Å²) in [7, 11) is 4.11. The molecule has 6 heteroatoms.